The van der Waals surface area contributed by atoms with Gasteiger partial charge in [-0.1, -0.05) is 0 Å². The van der Waals surface area contributed by atoms with Gasteiger partial charge in [0.2, 0.25) is 0 Å². The van der Waals surface area contributed by atoms with Crippen LogP contribution in [0.15, 0.2) is 0 Å². The van der Waals surface area contributed by atoms with E-state index in [9.17, 15) is 9.59 Å². The van der Waals surface area contributed by atoms with Crippen molar-refractivity contribution in [3.8, 4) is 0 Å². The van der Waals surface area contributed by atoms with Crippen molar-refractivity contribution in [2.45, 2.75) is 25.7 Å². The highest BCUT2D eigenvalue weighted by Crippen LogP contribution is 1.98. The fourth-order valence-corrected chi connectivity index (χ4v) is 1.45. The third-order valence-corrected chi connectivity index (χ3v) is 2.72. The van der Waals surface area contributed by atoms with E-state index in [2.05, 4.69) is 0 Å². The smallest absolute Gasteiger partial charge is 0.303 e. The average molecular weight is 446 g/mol. The minimum atomic E-state index is -0.870. The van der Waals surface area contributed by atoms with Crippen LogP contribution in [0.25, 0.3) is 0 Å². The van der Waals surface area contributed by atoms with E-state index in [1.807, 2.05) is 0 Å². The molecule has 0 aromatic rings. The first-order chi connectivity index (χ1) is 14.5. The predicted octanol–water partition coefficient (Wildman–Crippen LogP) is -1.28. The Morgan fingerprint density at radius 1 is 0.467 bits per heavy atom. The lowest BCUT2D eigenvalue weighted by Gasteiger charge is -2.01. The molecule has 182 valence electrons. The molecule has 0 unspecified atom stereocenters. The summed E-state index contributed by atoms with van der Waals surface area (Å²) in [6.07, 6.45) is 1.02. The molecule has 12 nitrogen and oxygen atoms in total. The molecule has 0 spiro atoms. The zero-order valence-electron chi connectivity index (χ0n) is 17.4. The molecule has 0 fully saturated rings. The van der Waals surface area contributed by atoms with E-state index < -0.39 is 11.9 Å². The van der Waals surface area contributed by atoms with Crippen molar-refractivity contribution in [1.82, 2.24) is 0 Å². The van der Waals surface area contributed by atoms with Gasteiger partial charge in [-0.05, 0) is 12.8 Å². The zero-order valence-corrected chi connectivity index (χ0v) is 17.4. The molecule has 0 rings (SSSR count). The second-order valence-corrected chi connectivity index (χ2v) is 5.34. The number of carbonyl (C=O) groups is 2. The van der Waals surface area contributed by atoms with E-state index in [1.54, 1.807) is 0 Å². The summed E-state index contributed by atoms with van der Waals surface area (Å²) in [6.45, 7) is 3.46. The summed E-state index contributed by atoms with van der Waals surface area (Å²) in [5, 5.41) is 49.3. The molecule has 0 atom stereocenters. The Hall–Kier alpha value is -1.38. The number of rotatable bonds is 19. The molecule has 12 heteroatoms. The van der Waals surface area contributed by atoms with Crippen molar-refractivity contribution < 1.29 is 59.2 Å². The number of ether oxygens (including phenoxy) is 4. The van der Waals surface area contributed by atoms with Gasteiger partial charge in [0, 0.05) is 12.8 Å². The lowest BCUT2D eigenvalue weighted by Crippen LogP contribution is -2.09. The Labute approximate surface area is 176 Å². The molecule has 0 radical (unpaired) electrons. The third kappa shape index (κ3) is 45.4. The fraction of sp³-hybridized carbons (Fsp3) is 0.889. The number of aliphatic carboxylic acids is 2. The Bertz CT molecular complexity index is 293. The highest BCUT2D eigenvalue weighted by Gasteiger charge is 1.99. The van der Waals surface area contributed by atoms with Gasteiger partial charge < -0.3 is 49.6 Å². The van der Waals surface area contributed by atoms with Gasteiger partial charge in [0.1, 0.15) is 0 Å². The first-order valence-electron chi connectivity index (χ1n) is 9.64. The Kier molecular flexibility index (Phi) is 35.8. The summed E-state index contributed by atoms with van der Waals surface area (Å²) in [4.78, 5) is 19.8. The monoisotopic (exact) mass is 446 g/mol. The number of carboxylic acid groups (broad SMARTS) is 2. The maximum Gasteiger partial charge on any atom is 0.303 e. The predicted molar refractivity (Wildman–Crippen MR) is 105 cm³/mol. The molecular formula is C18H38O12. The van der Waals surface area contributed by atoms with Crippen molar-refractivity contribution in [3.05, 3.63) is 0 Å². The Morgan fingerprint density at radius 3 is 0.867 bits per heavy atom. The molecule has 6 N–H and O–H groups in total. The van der Waals surface area contributed by atoms with Crippen LogP contribution in [0.4, 0.5) is 0 Å². The van der Waals surface area contributed by atoms with Crippen molar-refractivity contribution in [1.29, 1.82) is 0 Å². The quantitative estimate of drug-likeness (QED) is 0.129. The van der Waals surface area contributed by atoms with Crippen LogP contribution < -0.4 is 0 Å². The van der Waals surface area contributed by atoms with Crippen molar-refractivity contribution in [3.63, 3.8) is 0 Å². The van der Waals surface area contributed by atoms with E-state index in [4.69, 9.17) is 49.6 Å². The molecule has 0 heterocycles. The van der Waals surface area contributed by atoms with E-state index in [0.29, 0.717) is 65.7 Å². The SMILES string of the molecule is O=C(O)CCCCC(=O)O.OCCOCCOCCO.OCCOCCOCCO. The topological polar surface area (TPSA) is 192 Å². The molecule has 0 aliphatic carbocycles. The molecule has 0 aliphatic heterocycles. The van der Waals surface area contributed by atoms with Gasteiger partial charge in [-0.25, -0.2) is 0 Å². The molecule has 0 saturated heterocycles. The van der Waals surface area contributed by atoms with E-state index in [1.165, 1.54) is 0 Å². The molecule has 0 aliphatic rings. The maximum absolute atomic E-state index is 9.90. The highest BCUT2D eigenvalue weighted by atomic mass is 16.5. The Morgan fingerprint density at radius 2 is 0.700 bits per heavy atom. The number of unbranched alkanes of at least 4 members (excludes halogenated alkanes) is 1. The van der Waals surface area contributed by atoms with Gasteiger partial charge in [0.25, 0.3) is 0 Å². The summed E-state index contributed by atoms with van der Waals surface area (Å²) in [6, 6.07) is 0. The molecule has 0 aromatic heterocycles. The van der Waals surface area contributed by atoms with E-state index in [-0.39, 0.29) is 39.3 Å². The summed E-state index contributed by atoms with van der Waals surface area (Å²) in [5.74, 6) is -1.74. The fourth-order valence-electron chi connectivity index (χ4n) is 1.45. The minimum Gasteiger partial charge on any atom is -0.481 e. The van der Waals surface area contributed by atoms with Crippen LogP contribution in [0.5, 0.6) is 0 Å². The lowest BCUT2D eigenvalue weighted by molar-refractivity contribution is -0.139. The van der Waals surface area contributed by atoms with Crippen LogP contribution >= 0.6 is 0 Å². The lowest BCUT2D eigenvalue weighted by atomic mass is 10.2. The van der Waals surface area contributed by atoms with Gasteiger partial charge >= 0.3 is 11.9 Å². The van der Waals surface area contributed by atoms with Crippen LogP contribution in [-0.4, -0.2) is 122 Å². The van der Waals surface area contributed by atoms with Gasteiger partial charge in [-0.15, -0.1) is 0 Å². The molecule has 30 heavy (non-hydrogen) atoms. The van der Waals surface area contributed by atoms with Crippen LogP contribution in [0, 0.1) is 0 Å². The summed E-state index contributed by atoms with van der Waals surface area (Å²) < 4.78 is 19.5. The third-order valence-electron chi connectivity index (χ3n) is 2.72. The average Bonchev–Trinajstić information content (AvgIpc) is 2.71. The zero-order chi connectivity index (χ0) is 23.3. The van der Waals surface area contributed by atoms with E-state index >= 15 is 0 Å². The highest BCUT2D eigenvalue weighted by molar-refractivity contribution is 5.67. The minimum absolute atomic E-state index is 0.0417. The van der Waals surface area contributed by atoms with Crippen molar-refractivity contribution in [2.24, 2.45) is 0 Å². The largest absolute Gasteiger partial charge is 0.481 e. The van der Waals surface area contributed by atoms with Gasteiger partial charge in [-0.3, -0.25) is 9.59 Å². The Balaban J connectivity index is -0.000000364. The second kappa shape index (κ2) is 32.3. The molecule has 0 saturated carbocycles. The van der Waals surface area contributed by atoms with E-state index in [0.717, 1.165) is 0 Å². The van der Waals surface area contributed by atoms with Crippen molar-refractivity contribution in [2.75, 3.05) is 79.3 Å². The van der Waals surface area contributed by atoms with Crippen LogP contribution in [0.3, 0.4) is 0 Å². The number of aliphatic hydroxyl groups is 4. The second-order valence-electron chi connectivity index (χ2n) is 5.34. The molecule has 0 amide bonds. The first-order valence-corrected chi connectivity index (χ1v) is 9.64. The number of aliphatic hydroxyl groups excluding tert-OH is 4. The number of hydrogen-bond acceptors (Lipinski definition) is 10. The molecule has 0 aromatic carbocycles. The van der Waals surface area contributed by atoms with Crippen molar-refractivity contribution >= 4 is 11.9 Å². The standard InChI is InChI=1S/2C6H14O4.C6H10O4/c2*7-1-3-9-5-6-10-4-2-8;7-5(8)3-1-2-4-6(9)10/h2*7-8H,1-6H2;1-4H2,(H,7,8)(H,9,10). The number of hydrogen-bond donors (Lipinski definition) is 6. The van der Waals surface area contributed by atoms with Crippen LogP contribution in [0.2, 0.25) is 0 Å². The van der Waals surface area contributed by atoms with Crippen LogP contribution in [0.1, 0.15) is 25.7 Å². The van der Waals surface area contributed by atoms with Gasteiger partial charge in [0.05, 0.1) is 79.3 Å². The normalized spacial score (nSPS) is 9.87. The first kappa shape index (κ1) is 33.3. The number of carboxylic acids is 2. The maximum atomic E-state index is 9.90. The van der Waals surface area contributed by atoms with Crippen LogP contribution in [-0.2, 0) is 28.5 Å². The summed E-state index contributed by atoms with van der Waals surface area (Å²) >= 11 is 0. The molecule has 0 bridgehead atoms. The molecular weight excluding hydrogens is 408 g/mol. The summed E-state index contributed by atoms with van der Waals surface area (Å²) in [7, 11) is 0. The summed E-state index contributed by atoms with van der Waals surface area (Å²) in [5.41, 5.74) is 0. The van der Waals surface area contributed by atoms with Gasteiger partial charge in [0.15, 0.2) is 0 Å². The van der Waals surface area contributed by atoms with Gasteiger partial charge in [-0.2, -0.15) is 0 Å².